The zero-order chi connectivity index (χ0) is 14.4. The summed E-state index contributed by atoms with van der Waals surface area (Å²) in [6.45, 7) is 0.168. The zero-order valence-electron chi connectivity index (χ0n) is 10.5. The number of ether oxygens (including phenoxy) is 1. The van der Waals surface area contributed by atoms with Crippen molar-refractivity contribution >= 4 is 11.8 Å². The molecule has 0 radical (unpaired) electrons. The lowest BCUT2D eigenvalue weighted by atomic mass is 10.2. The largest absolute Gasteiger partial charge is 0.483 e. The highest BCUT2D eigenvalue weighted by Gasteiger charge is 2.15. The summed E-state index contributed by atoms with van der Waals surface area (Å²) < 4.78 is 18.2. The van der Waals surface area contributed by atoms with Crippen LogP contribution in [0, 0.1) is 15.9 Å². The summed E-state index contributed by atoms with van der Waals surface area (Å²) in [4.78, 5) is 10.1. The van der Waals surface area contributed by atoms with Crippen LogP contribution in [0.2, 0.25) is 0 Å². The summed E-state index contributed by atoms with van der Waals surface area (Å²) in [6.07, 6.45) is 3.58. The van der Waals surface area contributed by atoms with E-state index in [2.05, 4.69) is 0 Å². The quantitative estimate of drug-likeness (QED) is 0.614. The van der Waals surface area contributed by atoms with E-state index in [9.17, 15) is 14.5 Å². The normalized spacial score (nSPS) is 10.7. The smallest absolute Gasteiger partial charge is 0.313 e. The first kappa shape index (κ1) is 13.7. The van der Waals surface area contributed by atoms with Gasteiger partial charge in [-0.2, -0.15) is 0 Å². The van der Waals surface area contributed by atoms with Gasteiger partial charge in [0.25, 0.3) is 0 Å². The molecule has 0 spiro atoms. The Morgan fingerprint density at radius 2 is 1.95 bits per heavy atom. The number of nitro groups is 1. The summed E-state index contributed by atoms with van der Waals surface area (Å²) in [6, 6.07) is 12.8. The SMILES string of the molecule is O=[N+]([O-])c1cc(F)ccc1OCC=Cc1ccccc1. The van der Waals surface area contributed by atoms with Gasteiger partial charge in [0.15, 0.2) is 5.75 Å². The number of halogens is 1. The molecule has 0 bridgehead atoms. The zero-order valence-corrected chi connectivity index (χ0v) is 10.5. The number of rotatable bonds is 5. The van der Waals surface area contributed by atoms with Crippen molar-refractivity contribution in [3.05, 3.63) is 76.1 Å². The molecule has 0 aliphatic rings. The lowest BCUT2D eigenvalue weighted by molar-refractivity contribution is -0.386. The van der Waals surface area contributed by atoms with Crippen LogP contribution in [0.5, 0.6) is 5.75 Å². The predicted octanol–water partition coefficient (Wildman–Crippen LogP) is 3.83. The first-order valence-corrected chi connectivity index (χ1v) is 5.95. The molecule has 0 fully saturated rings. The Bertz CT molecular complexity index is 626. The third-order valence-electron chi connectivity index (χ3n) is 2.56. The van der Waals surface area contributed by atoms with Crippen molar-refractivity contribution in [2.75, 3.05) is 6.61 Å². The van der Waals surface area contributed by atoms with Crippen LogP contribution >= 0.6 is 0 Å². The second kappa shape index (κ2) is 6.47. The molecule has 2 aromatic carbocycles. The average molecular weight is 273 g/mol. The Hall–Kier alpha value is -2.69. The number of hydrogen-bond donors (Lipinski definition) is 0. The second-order valence-corrected chi connectivity index (χ2v) is 3.99. The van der Waals surface area contributed by atoms with E-state index in [4.69, 9.17) is 4.74 Å². The fourth-order valence-electron chi connectivity index (χ4n) is 1.64. The van der Waals surface area contributed by atoms with Crippen LogP contribution in [0.25, 0.3) is 6.08 Å². The number of hydrogen-bond acceptors (Lipinski definition) is 3. The standard InChI is InChI=1S/C15H12FNO3/c16-13-8-9-15(14(11-13)17(18)19)20-10-4-7-12-5-2-1-3-6-12/h1-9,11H,10H2. The van der Waals surface area contributed by atoms with Gasteiger partial charge in [0.1, 0.15) is 12.4 Å². The summed E-state index contributed by atoms with van der Waals surface area (Å²) >= 11 is 0. The number of benzene rings is 2. The second-order valence-electron chi connectivity index (χ2n) is 3.99. The predicted molar refractivity (Wildman–Crippen MR) is 74.0 cm³/mol. The Kier molecular flexibility index (Phi) is 4.44. The molecule has 0 unspecified atom stereocenters. The monoisotopic (exact) mass is 273 g/mol. The average Bonchev–Trinajstić information content (AvgIpc) is 2.45. The van der Waals surface area contributed by atoms with Crippen molar-refractivity contribution in [3.63, 3.8) is 0 Å². The fraction of sp³-hybridized carbons (Fsp3) is 0.0667. The van der Waals surface area contributed by atoms with E-state index in [1.54, 1.807) is 6.08 Å². The van der Waals surface area contributed by atoms with Gasteiger partial charge in [-0.15, -0.1) is 0 Å². The van der Waals surface area contributed by atoms with E-state index in [1.807, 2.05) is 36.4 Å². The van der Waals surface area contributed by atoms with E-state index in [1.165, 1.54) is 6.07 Å². The van der Waals surface area contributed by atoms with Crippen LogP contribution in [0.15, 0.2) is 54.6 Å². The van der Waals surface area contributed by atoms with E-state index in [0.29, 0.717) is 0 Å². The van der Waals surface area contributed by atoms with Crippen molar-refractivity contribution in [2.45, 2.75) is 0 Å². The third-order valence-corrected chi connectivity index (χ3v) is 2.56. The molecule has 0 aliphatic carbocycles. The summed E-state index contributed by atoms with van der Waals surface area (Å²) in [5.41, 5.74) is 0.628. The molecule has 0 aliphatic heterocycles. The molecule has 4 nitrogen and oxygen atoms in total. The van der Waals surface area contributed by atoms with E-state index < -0.39 is 10.7 Å². The van der Waals surface area contributed by atoms with E-state index in [0.717, 1.165) is 17.7 Å². The molecule has 20 heavy (non-hydrogen) atoms. The van der Waals surface area contributed by atoms with Gasteiger partial charge >= 0.3 is 5.69 Å². The molecular formula is C15H12FNO3. The first-order chi connectivity index (χ1) is 9.66. The van der Waals surface area contributed by atoms with E-state index >= 15 is 0 Å². The molecule has 0 heterocycles. The van der Waals surface area contributed by atoms with Crippen LogP contribution < -0.4 is 4.74 Å². The van der Waals surface area contributed by atoms with Gasteiger partial charge < -0.3 is 4.74 Å². The van der Waals surface area contributed by atoms with Crippen molar-refractivity contribution < 1.29 is 14.1 Å². The highest BCUT2D eigenvalue weighted by atomic mass is 19.1. The molecule has 5 heteroatoms. The van der Waals surface area contributed by atoms with Crippen LogP contribution in [-0.2, 0) is 0 Å². The number of nitrogens with zero attached hydrogens (tertiary/aromatic N) is 1. The van der Waals surface area contributed by atoms with Gasteiger partial charge in [-0.3, -0.25) is 10.1 Å². The highest BCUT2D eigenvalue weighted by molar-refractivity contribution is 5.49. The van der Waals surface area contributed by atoms with Crippen molar-refractivity contribution in [1.82, 2.24) is 0 Å². The van der Waals surface area contributed by atoms with Gasteiger partial charge in [-0.05, 0) is 23.8 Å². The molecule has 0 aromatic heterocycles. The topological polar surface area (TPSA) is 52.4 Å². The van der Waals surface area contributed by atoms with Crippen LogP contribution in [-0.4, -0.2) is 11.5 Å². The first-order valence-electron chi connectivity index (χ1n) is 5.95. The Morgan fingerprint density at radius 3 is 2.65 bits per heavy atom. The lowest BCUT2D eigenvalue weighted by Gasteiger charge is -2.04. The molecule has 0 saturated heterocycles. The van der Waals surface area contributed by atoms with Crippen LogP contribution in [0.4, 0.5) is 10.1 Å². The van der Waals surface area contributed by atoms with Crippen molar-refractivity contribution in [2.24, 2.45) is 0 Å². The maximum atomic E-state index is 12.9. The molecular weight excluding hydrogens is 261 g/mol. The Morgan fingerprint density at radius 1 is 1.20 bits per heavy atom. The maximum Gasteiger partial charge on any atom is 0.313 e. The maximum absolute atomic E-state index is 12.9. The molecule has 0 saturated carbocycles. The molecule has 2 rings (SSSR count). The third kappa shape index (κ3) is 3.65. The van der Waals surface area contributed by atoms with Crippen molar-refractivity contribution in [1.29, 1.82) is 0 Å². The summed E-state index contributed by atoms with van der Waals surface area (Å²) in [5.74, 6) is -0.613. The molecule has 2 aromatic rings. The minimum absolute atomic E-state index is 0.0501. The minimum Gasteiger partial charge on any atom is -0.483 e. The highest BCUT2D eigenvalue weighted by Crippen LogP contribution is 2.27. The van der Waals surface area contributed by atoms with Crippen LogP contribution in [0.1, 0.15) is 5.56 Å². The molecule has 0 N–H and O–H groups in total. The van der Waals surface area contributed by atoms with Gasteiger partial charge in [-0.1, -0.05) is 36.4 Å². The van der Waals surface area contributed by atoms with Gasteiger partial charge in [-0.25, -0.2) is 4.39 Å². The number of nitro benzene ring substituents is 1. The van der Waals surface area contributed by atoms with Gasteiger partial charge in [0.05, 0.1) is 11.0 Å². The van der Waals surface area contributed by atoms with Crippen LogP contribution in [0.3, 0.4) is 0 Å². The Balaban J connectivity index is 2.01. The lowest BCUT2D eigenvalue weighted by Crippen LogP contribution is -1.98. The summed E-state index contributed by atoms with van der Waals surface area (Å²) in [5, 5.41) is 10.8. The summed E-state index contributed by atoms with van der Waals surface area (Å²) in [7, 11) is 0. The minimum atomic E-state index is -0.667. The fourth-order valence-corrected chi connectivity index (χ4v) is 1.64. The molecule has 0 amide bonds. The molecule has 0 atom stereocenters. The van der Waals surface area contributed by atoms with E-state index in [-0.39, 0.29) is 18.0 Å². The van der Waals surface area contributed by atoms with Gasteiger partial charge in [0.2, 0.25) is 0 Å². The van der Waals surface area contributed by atoms with Gasteiger partial charge in [0, 0.05) is 0 Å². The van der Waals surface area contributed by atoms with Crippen molar-refractivity contribution in [3.8, 4) is 5.75 Å². The molecule has 102 valence electrons. The Labute approximate surface area is 115 Å².